The molecule has 7 heteroatoms. The molecule has 0 saturated heterocycles. The molecule has 0 aliphatic rings. The molecule has 0 aliphatic carbocycles. The van der Waals surface area contributed by atoms with Crippen molar-refractivity contribution >= 4 is 17.0 Å². The smallest absolute Gasteiger partial charge is 0.332 e. The molecule has 0 spiro atoms. The Morgan fingerprint density at radius 1 is 1.23 bits per heavy atom. The van der Waals surface area contributed by atoms with E-state index in [9.17, 15) is 9.59 Å². The summed E-state index contributed by atoms with van der Waals surface area (Å²) in [6.45, 7) is 4.36. The molecule has 0 atom stereocenters. The highest BCUT2D eigenvalue weighted by atomic mass is 16.4. The van der Waals surface area contributed by atoms with Crippen molar-refractivity contribution in [2.45, 2.75) is 46.1 Å². The maximum absolute atomic E-state index is 12.7. The lowest BCUT2D eigenvalue weighted by Crippen LogP contribution is -2.39. The van der Waals surface area contributed by atoms with Gasteiger partial charge in [-0.15, -0.1) is 0 Å². The molecule has 3 aromatic rings. The van der Waals surface area contributed by atoms with Crippen LogP contribution in [-0.4, -0.2) is 18.5 Å². The van der Waals surface area contributed by atoms with Crippen LogP contribution in [0, 0.1) is 6.92 Å². The van der Waals surface area contributed by atoms with Crippen molar-refractivity contribution in [3.05, 3.63) is 32.8 Å². The van der Waals surface area contributed by atoms with E-state index >= 15 is 0 Å². The second kappa shape index (κ2) is 5.47. The van der Waals surface area contributed by atoms with E-state index in [0.717, 1.165) is 25.7 Å². The quantitative estimate of drug-likeness (QED) is 0.674. The first-order valence-electron chi connectivity index (χ1n) is 7.62. The molecule has 0 amide bonds. The van der Waals surface area contributed by atoms with E-state index in [-0.39, 0.29) is 11.2 Å². The molecule has 0 aliphatic heterocycles. The van der Waals surface area contributed by atoms with Crippen molar-refractivity contribution in [2.75, 3.05) is 0 Å². The van der Waals surface area contributed by atoms with E-state index in [0.29, 0.717) is 29.3 Å². The number of nitrogens with zero attached hydrogens (tertiary/aromatic N) is 4. The Hall–Kier alpha value is -2.31. The number of fused-ring (bicyclic) bond motifs is 3. The third kappa shape index (κ3) is 2.17. The van der Waals surface area contributed by atoms with Crippen LogP contribution in [-0.2, 0) is 13.6 Å². The van der Waals surface area contributed by atoms with Crippen molar-refractivity contribution < 1.29 is 4.42 Å². The van der Waals surface area contributed by atoms with Crippen LogP contribution in [0.4, 0.5) is 0 Å². The lowest BCUT2D eigenvalue weighted by molar-refractivity contribution is 0.539. The molecule has 3 aromatic heterocycles. The minimum Gasteiger partial charge on any atom is -0.428 e. The summed E-state index contributed by atoms with van der Waals surface area (Å²) in [5, 5.41) is 0. The van der Waals surface area contributed by atoms with Gasteiger partial charge in [0.25, 0.3) is 5.56 Å². The zero-order chi connectivity index (χ0) is 15.9. The molecule has 0 unspecified atom stereocenters. The molecule has 0 N–H and O–H groups in total. The van der Waals surface area contributed by atoms with Crippen LogP contribution < -0.4 is 11.2 Å². The summed E-state index contributed by atoms with van der Waals surface area (Å²) in [6, 6.07) is 0. The van der Waals surface area contributed by atoms with Crippen LogP contribution in [0.2, 0.25) is 0 Å². The fourth-order valence-electron chi connectivity index (χ4n) is 2.76. The second-order valence-electron chi connectivity index (χ2n) is 5.64. The number of aryl methyl sites for hydroxylation is 2. The molecule has 3 rings (SSSR count). The lowest BCUT2D eigenvalue weighted by Gasteiger charge is -2.07. The van der Waals surface area contributed by atoms with Crippen LogP contribution in [0.5, 0.6) is 0 Å². The average Bonchev–Trinajstić information content (AvgIpc) is 3.00. The van der Waals surface area contributed by atoms with E-state index in [1.54, 1.807) is 24.6 Å². The number of oxazole rings is 1. The van der Waals surface area contributed by atoms with Gasteiger partial charge in [-0.25, -0.2) is 4.79 Å². The topological polar surface area (TPSA) is 74.4 Å². The van der Waals surface area contributed by atoms with Crippen molar-refractivity contribution in [3.63, 3.8) is 0 Å². The molecular formula is C15H20N4O3. The van der Waals surface area contributed by atoms with E-state index in [2.05, 4.69) is 11.9 Å². The van der Waals surface area contributed by atoms with Crippen LogP contribution in [0.1, 0.15) is 38.4 Å². The maximum Gasteiger partial charge on any atom is 0.332 e. The van der Waals surface area contributed by atoms with Gasteiger partial charge in [0.2, 0.25) is 0 Å². The maximum atomic E-state index is 12.7. The Morgan fingerprint density at radius 3 is 2.73 bits per heavy atom. The minimum absolute atomic E-state index is 0.303. The van der Waals surface area contributed by atoms with Gasteiger partial charge < -0.3 is 4.42 Å². The summed E-state index contributed by atoms with van der Waals surface area (Å²) >= 11 is 0. The first-order valence-corrected chi connectivity index (χ1v) is 7.62. The zero-order valence-corrected chi connectivity index (χ0v) is 13.1. The second-order valence-corrected chi connectivity index (χ2v) is 5.64. The van der Waals surface area contributed by atoms with Gasteiger partial charge in [-0.2, -0.15) is 4.98 Å². The van der Waals surface area contributed by atoms with E-state index in [1.165, 1.54) is 9.13 Å². The summed E-state index contributed by atoms with van der Waals surface area (Å²) in [4.78, 5) is 29.3. The van der Waals surface area contributed by atoms with Crippen LogP contribution in [0.3, 0.4) is 0 Å². The Kier molecular flexibility index (Phi) is 3.64. The Labute approximate surface area is 126 Å². The zero-order valence-electron chi connectivity index (χ0n) is 13.1. The monoisotopic (exact) mass is 304 g/mol. The summed E-state index contributed by atoms with van der Waals surface area (Å²) < 4.78 is 9.78. The van der Waals surface area contributed by atoms with Crippen LogP contribution in [0.25, 0.3) is 17.0 Å². The molecule has 0 fully saturated rings. The minimum atomic E-state index is -0.327. The summed E-state index contributed by atoms with van der Waals surface area (Å²) in [5.41, 5.74) is 0.123. The van der Waals surface area contributed by atoms with E-state index in [1.807, 2.05) is 0 Å². The van der Waals surface area contributed by atoms with Gasteiger partial charge in [0.05, 0.1) is 6.20 Å². The van der Waals surface area contributed by atoms with Crippen molar-refractivity contribution in [3.8, 4) is 0 Å². The number of unbranched alkanes of at least 4 members (excludes halogenated alkanes) is 3. The van der Waals surface area contributed by atoms with Gasteiger partial charge in [0.1, 0.15) is 5.76 Å². The van der Waals surface area contributed by atoms with Gasteiger partial charge in [-0.05, 0) is 13.3 Å². The molecule has 3 heterocycles. The third-order valence-electron chi connectivity index (χ3n) is 3.94. The molecule has 0 radical (unpaired) electrons. The van der Waals surface area contributed by atoms with E-state index in [4.69, 9.17) is 4.42 Å². The van der Waals surface area contributed by atoms with Gasteiger partial charge in [-0.1, -0.05) is 26.2 Å². The van der Waals surface area contributed by atoms with Gasteiger partial charge >= 0.3 is 11.5 Å². The summed E-state index contributed by atoms with van der Waals surface area (Å²) in [7, 11) is 1.63. The Balaban J connectivity index is 2.17. The number of aromatic nitrogens is 4. The third-order valence-corrected chi connectivity index (χ3v) is 3.94. The number of imidazole rings is 1. The fourth-order valence-corrected chi connectivity index (χ4v) is 2.76. The fraction of sp³-hybridized carbons (Fsp3) is 0.533. The SMILES string of the molecule is CCCCCCn1c(=O)c2c(nc3oc(C)cn32)n(C)c1=O. The summed E-state index contributed by atoms with van der Waals surface area (Å²) in [6.07, 6.45) is 5.77. The van der Waals surface area contributed by atoms with Crippen LogP contribution in [0.15, 0.2) is 20.2 Å². The van der Waals surface area contributed by atoms with E-state index < -0.39 is 0 Å². The van der Waals surface area contributed by atoms with Crippen molar-refractivity contribution in [2.24, 2.45) is 7.05 Å². The normalized spacial score (nSPS) is 11.8. The van der Waals surface area contributed by atoms with Gasteiger partial charge in [-0.3, -0.25) is 18.3 Å². The Bertz CT molecular complexity index is 942. The number of hydrogen-bond acceptors (Lipinski definition) is 4. The van der Waals surface area contributed by atoms with Gasteiger partial charge in [0, 0.05) is 13.6 Å². The first kappa shape index (κ1) is 14.6. The summed E-state index contributed by atoms with van der Waals surface area (Å²) in [5.74, 6) is 1.01. The molecule has 0 aromatic carbocycles. The average molecular weight is 304 g/mol. The van der Waals surface area contributed by atoms with Crippen molar-refractivity contribution in [1.82, 2.24) is 18.5 Å². The highest BCUT2D eigenvalue weighted by molar-refractivity contribution is 5.74. The molecule has 118 valence electrons. The number of hydrogen-bond donors (Lipinski definition) is 0. The standard InChI is InChI=1S/C15H20N4O3/c1-4-5-6-7-8-18-13(20)11-12(17(3)15(18)21)16-14-19(11)9-10(2)22-14/h9H,4-8H2,1-3H3. The van der Waals surface area contributed by atoms with Crippen LogP contribution >= 0.6 is 0 Å². The van der Waals surface area contributed by atoms with Gasteiger partial charge in [0.15, 0.2) is 11.2 Å². The van der Waals surface area contributed by atoms with Crippen molar-refractivity contribution in [1.29, 1.82) is 0 Å². The highest BCUT2D eigenvalue weighted by Gasteiger charge is 2.18. The predicted molar refractivity (Wildman–Crippen MR) is 83.3 cm³/mol. The molecule has 0 bridgehead atoms. The largest absolute Gasteiger partial charge is 0.428 e. The Morgan fingerprint density at radius 2 is 2.00 bits per heavy atom. The predicted octanol–water partition coefficient (Wildman–Crippen LogP) is 1.83. The molecular weight excluding hydrogens is 284 g/mol. The first-order chi connectivity index (χ1) is 10.5. The highest BCUT2D eigenvalue weighted by Crippen LogP contribution is 2.14. The molecule has 7 nitrogen and oxygen atoms in total. The number of rotatable bonds is 5. The lowest BCUT2D eigenvalue weighted by atomic mass is 10.2. The molecule has 22 heavy (non-hydrogen) atoms. The molecule has 0 saturated carbocycles.